The van der Waals surface area contributed by atoms with Gasteiger partial charge in [-0.25, -0.2) is 0 Å². The lowest BCUT2D eigenvalue weighted by Gasteiger charge is -2.11. The number of nitrogens with zero attached hydrogens (tertiary/aromatic N) is 1. The number of rotatable bonds is 5. The molecule has 0 aliphatic heterocycles. The number of nitrogens with one attached hydrogen (secondary N) is 2. The Labute approximate surface area is 125 Å². The fraction of sp³-hybridized carbons (Fsp3) is 0.385. The highest BCUT2D eigenvalue weighted by Crippen LogP contribution is 2.13. The zero-order valence-corrected chi connectivity index (χ0v) is 12.7. The average molecular weight is 301 g/mol. The van der Waals surface area contributed by atoms with Crippen LogP contribution in [-0.4, -0.2) is 43.4 Å². The third-order valence-electron chi connectivity index (χ3n) is 2.31. The lowest BCUT2D eigenvalue weighted by molar-refractivity contribution is -0.117. The predicted octanol–water partition coefficient (Wildman–Crippen LogP) is 0.894. The van der Waals surface area contributed by atoms with Crippen LogP contribution in [0.4, 0.5) is 11.4 Å². The highest BCUT2D eigenvalue weighted by Gasteiger charge is 2.07. The van der Waals surface area contributed by atoms with Crippen LogP contribution in [-0.2, 0) is 9.59 Å². The van der Waals surface area contributed by atoms with Crippen molar-refractivity contribution >= 4 is 35.6 Å². The summed E-state index contributed by atoms with van der Waals surface area (Å²) in [6.45, 7) is 1.94. The van der Waals surface area contributed by atoms with Gasteiger partial charge in [0, 0.05) is 11.4 Å². The van der Waals surface area contributed by atoms with Gasteiger partial charge in [-0.1, -0.05) is 0 Å². The Hall–Kier alpha value is -1.63. The van der Waals surface area contributed by atoms with Gasteiger partial charge in [-0.2, -0.15) is 0 Å². The number of likely N-dealkylation sites (N-methyl/N-ethyl adjacent to an activating group) is 1. The van der Waals surface area contributed by atoms with E-state index in [1.807, 2.05) is 14.1 Å². The lowest BCUT2D eigenvalue weighted by Crippen LogP contribution is -2.32. The van der Waals surface area contributed by atoms with E-state index >= 15 is 0 Å². The number of nitrogens with two attached hydrogens (primary N) is 1. The summed E-state index contributed by atoms with van der Waals surface area (Å²) in [5.74, 6) is -0.332. The van der Waals surface area contributed by atoms with Crippen LogP contribution in [0.1, 0.15) is 6.92 Å². The quantitative estimate of drug-likeness (QED) is 0.754. The minimum atomic E-state index is -0.556. The number of hydrogen-bond donors (Lipinski definition) is 3. The summed E-state index contributed by atoms with van der Waals surface area (Å²) in [5.41, 5.74) is 6.78. The van der Waals surface area contributed by atoms with Crippen molar-refractivity contribution in [2.24, 2.45) is 5.73 Å². The van der Waals surface area contributed by atoms with E-state index < -0.39 is 6.04 Å². The first-order valence-electron chi connectivity index (χ1n) is 5.99. The number of anilines is 2. The van der Waals surface area contributed by atoms with Crippen LogP contribution in [0.25, 0.3) is 0 Å². The molecule has 20 heavy (non-hydrogen) atoms. The van der Waals surface area contributed by atoms with Crippen molar-refractivity contribution < 1.29 is 9.59 Å². The molecule has 112 valence electrons. The third-order valence-corrected chi connectivity index (χ3v) is 2.31. The van der Waals surface area contributed by atoms with Crippen molar-refractivity contribution in [3.63, 3.8) is 0 Å². The van der Waals surface area contributed by atoms with Crippen molar-refractivity contribution in [2.45, 2.75) is 13.0 Å². The summed E-state index contributed by atoms with van der Waals surface area (Å²) >= 11 is 0. The fourth-order valence-electron chi connectivity index (χ4n) is 1.38. The molecule has 0 aliphatic carbocycles. The molecule has 1 aromatic rings. The largest absolute Gasteiger partial charge is 0.325 e. The Bertz CT molecular complexity index is 446. The Morgan fingerprint density at radius 1 is 1.15 bits per heavy atom. The molecule has 1 rings (SSSR count). The van der Waals surface area contributed by atoms with Crippen LogP contribution in [0.5, 0.6) is 0 Å². The second-order valence-electron chi connectivity index (χ2n) is 4.64. The number of carbonyl (C=O) groups is 2. The summed E-state index contributed by atoms with van der Waals surface area (Å²) in [6.07, 6.45) is 0. The zero-order chi connectivity index (χ0) is 14.4. The monoisotopic (exact) mass is 300 g/mol. The van der Waals surface area contributed by atoms with Crippen LogP contribution in [0.2, 0.25) is 0 Å². The van der Waals surface area contributed by atoms with Gasteiger partial charge in [-0.05, 0) is 45.3 Å². The van der Waals surface area contributed by atoms with E-state index in [2.05, 4.69) is 10.6 Å². The molecule has 0 fully saturated rings. The first-order chi connectivity index (χ1) is 8.88. The number of carbonyl (C=O) groups excluding carboxylic acids is 2. The van der Waals surface area contributed by atoms with Gasteiger partial charge < -0.3 is 21.3 Å². The van der Waals surface area contributed by atoms with Crippen molar-refractivity contribution in [3.8, 4) is 0 Å². The molecule has 0 aromatic heterocycles. The van der Waals surface area contributed by atoms with Gasteiger partial charge in [-0.15, -0.1) is 12.4 Å². The normalized spacial score (nSPS) is 11.4. The van der Waals surface area contributed by atoms with Crippen LogP contribution in [0.15, 0.2) is 24.3 Å². The van der Waals surface area contributed by atoms with E-state index in [4.69, 9.17) is 5.73 Å². The van der Waals surface area contributed by atoms with Gasteiger partial charge in [0.05, 0.1) is 12.6 Å². The SMILES string of the molecule is CC(N)C(=O)Nc1ccc(NC(=O)CN(C)C)cc1.Cl. The number of benzene rings is 1. The Kier molecular flexibility index (Phi) is 7.83. The van der Waals surface area contributed by atoms with Crippen molar-refractivity contribution in [3.05, 3.63) is 24.3 Å². The maximum Gasteiger partial charge on any atom is 0.240 e. The summed E-state index contributed by atoms with van der Waals surface area (Å²) in [5, 5.41) is 5.43. The zero-order valence-electron chi connectivity index (χ0n) is 11.8. The molecule has 0 saturated carbocycles. The second-order valence-corrected chi connectivity index (χ2v) is 4.64. The molecule has 6 nitrogen and oxygen atoms in total. The van der Waals surface area contributed by atoms with Gasteiger partial charge >= 0.3 is 0 Å². The molecule has 0 aliphatic rings. The Morgan fingerprint density at radius 3 is 2.00 bits per heavy atom. The smallest absolute Gasteiger partial charge is 0.240 e. The highest BCUT2D eigenvalue weighted by molar-refractivity contribution is 5.95. The lowest BCUT2D eigenvalue weighted by atomic mass is 10.2. The van der Waals surface area contributed by atoms with Gasteiger partial charge in [0.15, 0.2) is 0 Å². The van der Waals surface area contributed by atoms with E-state index in [9.17, 15) is 9.59 Å². The number of amides is 2. The minimum Gasteiger partial charge on any atom is -0.325 e. The minimum absolute atomic E-state index is 0. The molecule has 0 bridgehead atoms. The van der Waals surface area contributed by atoms with E-state index in [0.717, 1.165) is 0 Å². The first kappa shape index (κ1) is 18.4. The molecule has 2 amide bonds. The third kappa shape index (κ3) is 6.51. The van der Waals surface area contributed by atoms with Gasteiger partial charge in [0.2, 0.25) is 11.8 Å². The van der Waals surface area contributed by atoms with Crippen LogP contribution in [0.3, 0.4) is 0 Å². The van der Waals surface area contributed by atoms with E-state index in [1.165, 1.54) is 0 Å². The van der Waals surface area contributed by atoms with Crippen LogP contribution < -0.4 is 16.4 Å². The molecule has 0 spiro atoms. The maximum atomic E-state index is 11.5. The molecular weight excluding hydrogens is 280 g/mol. The number of hydrogen-bond acceptors (Lipinski definition) is 4. The molecule has 1 atom stereocenters. The fourth-order valence-corrected chi connectivity index (χ4v) is 1.38. The predicted molar refractivity (Wildman–Crippen MR) is 83.2 cm³/mol. The Morgan fingerprint density at radius 2 is 1.60 bits per heavy atom. The molecule has 1 aromatic carbocycles. The van der Waals surface area contributed by atoms with Gasteiger partial charge in [-0.3, -0.25) is 9.59 Å². The molecular formula is C13H21ClN4O2. The summed E-state index contributed by atoms with van der Waals surface area (Å²) in [7, 11) is 3.65. The molecule has 0 radical (unpaired) electrons. The summed E-state index contributed by atoms with van der Waals surface area (Å²) in [4.78, 5) is 24.7. The summed E-state index contributed by atoms with van der Waals surface area (Å²) in [6, 6.07) is 6.32. The first-order valence-corrected chi connectivity index (χ1v) is 5.99. The van der Waals surface area contributed by atoms with E-state index in [-0.39, 0.29) is 24.2 Å². The molecule has 1 unspecified atom stereocenters. The standard InChI is InChI=1S/C13H20N4O2.ClH/c1-9(14)13(19)16-11-6-4-10(5-7-11)15-12(18)8-17(2)3;/h4-7,9H,8,14H2,1-3H3,(H,15,18)(H,16,19);1H. The summed E-state index contributed by atoms with van der Waals surface area (Å²) < 4.78 is 0. The number of halogens is 1. The maximum absolute atomic E-state index is 11.5. The van der Waals surface area contributed by atoms with E-state index in [1.54, 1.807) is 36.1 Å². The molecule has 0 saturated heterocycles. The van der Waals surface area contributed by atoms with Crippen molar-refractivity contribution in [1.82, 2.24) is 4.90 Å². The topological polar surface area (TPSA) is 87.5 Å². The van der Waals surface area contributed by atoms with Crippen molar-refractivity contribution in [1.29, 1.82) is 0 Å². The van der Waals surface area contributed by atoms with Gasteiger partial charge in [0.25, 0.3) is 0 Å². The van der Waals surface area contributed by atoms with Gasteiger partial charge in [0.1, 0.15) is 0 Å². The average Bonchev–Trinajstić information content (AvgIpc) is 2.30. The second kappa shape index (κ2) is 8.52. The Balaban J connectivity index is 0.00000361. The van der Waals surface area contributed by atoms with E-state index in [0.29, 0.717) is 17.9 Å². The molecule has 7 heteroatoms. The molecule has 4 N–H and O–H groups in total. The van der Waals surface area contributed by atoms with Crippen molar-refractivity contribution in [2.75, 3.05) is 31.3 Å². The molecule has 0 heterocycles. The highest BCUT2D eigenvalue weighted by atomic mass is 35.5. The van der Waals surface area contributed by atoms with Crippen LogP contribution >= 0.6 is 12.4 Å². The van der Waals surface area contributed by atoms with Crippen LogP contribution in [0, 0.1) is 0 Å².